The van der Waals surface area contributed by atoms with E-state index in [0.717, 1.165) is 19.4 Å². The van der Waals surface area contributed by atoms with Crippen LogP contribution >= 0.6 is 0 Å². The highest BCUT2D eigenvalue weighted by molar-refractivity contribution is 4.57. The smallest absolute Gasteiger partial charge is 0.108 e. The van der Waals surface area contributed by atoms with Gasteiger partial charge in [0.1, 0.15) is 6.23 Å². The van der Waals surface area contributed by atoms with Gasteiger partial charge >= 0.3 is 0 Å². The Kier molecular flexibility index (Phi) is 8.46. The van der Waals surface area contributed by atoms with E-state index >= 15 is 0 Å². The van der Waals surface area contributed by atoms with Crippen LogP contribution in [0.15, 0.2) is 0 Å². The molecule has 13 heavy (non-hydrogen) atoms. The number of nitrogens with two attached hydrogens (primary N) is 1. The lowest BCUT2D eigenvalue weighted by Crippen LogP contribution is -2.31. The van der Waals surface area contributed by atoms with E-state index in [1.807, 2.05) is 0 Å². The van der Waals surface area contributed by atoms with Crippen LogP contribution < -0.4 is 5.73 Å². The molecule has 0 spiro atoms. The predicted octanol–water partition coefficient (Wildman–Crippen LogP) is 2.91. The van der Waals surface area contributed by atoms with Crippen molar-refractivity contribution in [2.45, 2.75) is 59.1 Å². The van der Waals surface area contributed by atoms with Crippen LogP contribution in [0.3, 0.4) is 0 Å². The summed E-state index contributed by atoms with van der Waals surface area (Å²) in [7, 11) is 0. The quantitative estimate of drug-likeness (QED) is 0.468. The Hall–Kier alpha value is -0.0800. The van der Waals surface area contributed by atoms with Crippen molar-refractivity contribution in [3.63, 3.8) is 0 Å². The molecule has 0 radical (unpaired) electrons. The van der Waals surface area contributed by atoms with Gasteiger partial charge in [0.05, 0.1) is 0 Å². The Balaban J connectivity index is 3.21. The molecule has 0 aliphatic rings. The SMILES string of the molecule is CCCCCCOC(N)C(C)CC. The second kappa shape index (κ2) is 8.52. The number of hydrogen-bond donors (Lipinski definition) is 1. The van der Waals surface area contributed by atoms with Crippen LogP contribution in [-0.4, -0.2) is 12.8 Å². The molecule has 0 amide bonds. The summed E-state index contributed by atoms with van der Waals surface area (Å²) in [6.45, 7) is 7.32. The molecule has 2 N–H and O–H groups in total. The van der Waals surface area contributed by atoms with Crippen molar-refractivity contribution in [3.8, 4) is 0 Å². The van der Waals surface area contributed by atoms with E-state index in [2.05, 4.69) is 20.8 Å². The lowest BCUT2D eigenvalue weighted by atomic mass is 10.1. The minimum Gasteiger partial charge on any atom is -0.363 e. The Labute approximate surface area is 82.8 Å². The maximum Gasteiger partial charge on any atom is 0.108 e. The van der Waals surface area contributed by atoms with Gasteiger partial charge < -0.3 is 10.5 Å². The molecule has 2 unspecified atom stereocenters. The summed E-state index contributed by atoms with van der Waals surface area (Å²) in [5.41, 5.74) is 5.82. The van der Waals surface area contributed by atoms with Crippen LogP contribution in [0.2, 0.25) is 0 Å². The third-order valence-electron chi connectivity index (χ3n) is 2.51. The third kappa shape index (κ3) is 7.03. The van der Waals surface area contributed by atoms with Crippen LogP contribution in [0.5, 0.6) is 0 Å². The third-order valence-corrected chi connectivity index (χ3v) is 2.51. The van der Waals surface area contributed by atoms with Gasteiger partial charge in [0.15, 0.2) is 0 Å². The van der Waals surface area contributed by atoms with Crippen molar-refractivity contribution < 1.29 is 4.74 Å². The molecule has 0 rings (SSSR count). The maximum absolute atomic E-state index is 5.82. The molecular weight excluding hydrogens is 162 g/mol. The first-order valence-corrected chi connectivity index (χ1v) is 5.59. The van der Waals surface area contributed by atoms with Gasteiger partial charge in [-0.25, -0.2) is 0 Å². The predicted molar refractivity (Wildman–Crippen MR) is 57.5 cm³/mol. The Bertz CT molecular complexity index is 106. The van der Waals surface area contributed by atoms with E-state index < -0.39 is 0 Å². The monoisotopic (exact) mass is 187 g/mol. The molecular formula is C11H25NO. The Morgan fingerprint density at radius 2 is 1.85 bits per heavy atom. The van der Waals surface area contributed by atoms with Crippen molar-refractivity contribution >= 4 is 0 Å². The Morgan fingerprint density at radius 1 is 1.15 bits per heavy atom. The highest BCUT2D eigenvalue weighted by Crippen LogP contribution is 2.07. The first kappa shape index (κ1) is 12.9. The number of rotatable bonds is 8. The molecule has 0 aliphatic heterocycles. The zero-order valence-corrected chi connectivity index (χ0v) is 9.38. The van der Waals surface area contributed by atoms with Gasteiger partial charge in [0.2, 0.25) is 0 Å². The number of hydrogen-bond acceptors (Lipinski definition) is 2. The molecule has 0 saturated carbocycles. The molecule has 2 nitrogen and oxygen atoms in total. The van der Waals surface area contributed by atoms with E-state index in [0.29, 0.717) is 5.92 Å². The van der Waals surface area contributed by atoms with Gasteiger partial charge in [0, 0.05) is 6.61 Å². The van der Waals surface area contributed by atoms with Crippen molar-refractivity contribution in [2.24, 2.45) is 11.7 Å². The van der Waals surface area contributed by atoms with Crippen LogP contribution in [0.25, 0.3) is 0 Å². The first-order chi connectivity index (χ1) is 6.22. The summed E-state index contributed by atoms with van der Waals surface area (Å²) >= 11 is 0. The normalized spacial score (nSPS) is 15.7. The summed E-state index contributed by atoms with van der Waals surface area (Å²) in [4.78, 5) is 0. The lowest BCUT2D eigenvalue weighted by Gasteiger charge is -2.18. The van der Waals surface area contributed by atoms with Gasteiger partial charge in [-0.1, -0.05) is 40.0 Å². The molecule has 0 saturated heterocycles. The van der Waals surface area contributed by atoms with Crippen molar-refractivity contribution in [1.82, 2.24) is 0 Å². The largest absolute Gasteiger partial charge is 0.363 e. The van der Waals surface area contributed by atoms with E-state index in [1.54, 1.807) is 0 Å². The molecule has 0 fully saturated rings. The minimum atomic E-state index is -0.0633. The van der Waals surface area contributed by atoms with E-state index in [9.17, 15) is 0 Å². The molecule has 80 valence electrons. The second-order valence-corrected chi connectivity index (χ2v) is 3.78. The molecule has 0 heterocycles. The fourth-order valence-corrected chi connectivity index (χ4v) is 1.14. The molecule has 0 aromatic heterocycles. The van der Waals surface area contributed by atoms with Gasteiger partial charge in [-0.15, -0.1) is 0 Å². The molecule has 0 aromatic rings. The first-order valence-electron chi connectivity index (χ1n) is 5.59. The molecule has 0 bridgehead atoms. The summed E-state index contributed by atoms with van der Waals surface area (Å²) in [5.74, 6) is 0.478. The van der Waals surface area contributed by atoms with E-state index in [-0.39, 0.29) is 6.23 Å². The van der Waals surface area contributed by atoms with Crippen LogP contribution in [0.4, 0.5) is 0 Å². The summed E-state index contributed by atoms with van der Waals surface area (Å²) in [6.07, 6.45) is 6.03. The van der Waals surface area contributed by atoms with Crippen molar-refractivity contribution in [3.05, 3.63) is 0 Å². The van der Waals surface area contributed by atoms with Crippen molar-refractivity contribution in [1.29, 1.82) is 0 Å². The van der Waals surface area contributed by atoms with E-state index in [1.165, 1.54) is 19.3 Å². The minimum absolute atomic E-state index is 0.0633. The van der Waals surface area contributed by atoms with Crippen molar-refractivity contribution in [2.75, 3.05) is 6.61 Å². The zero-order chi connectivity index (χ0) is 10.1. The molecule has 0 aliphatic carbocycles. The summed E-state index contributed by atoms with van der Waals surface area (Å²) < 4.78 is 5.52. The fraction of sp³-hybridized carbons (Fsp3) is 1.00. The number of unbranched alkanes of at least 4 members (excludes halogenated alkanes) is 3. The summed E-state index contributed by atoms with van der Waals surface area (Å²) in [6, 6.07) is 0. The average Bonchev–Trinajstić information content (AvgIpc) is 2.16. The second-order valence-electron chi connectivity index (χ2n) is 3.78. The van der Waals surface area contributed by atoms with Gasteiger partial charge in [-0.05, 0) is 18.8 Å². The molecule has 2 heteroatoms. The molecule has 0 aromatic carbocycles. The maximum atomic E-state index is 5.82. The topological polar surface area (TPSA) is 35.2 Å². The lowest BCUT2D eigenvalue weighted by molar-refractivity contribution is 0.0186. The highest BCUT2D eigenvalue weighted by Gasteiger charge is 2.09. The zero-order valence-electron chi connectivity index (χ0n) is 9.38. The van der Waals surface area contributed by atoms with Gasteiger partial charge in [-0.2, -0.15) is 0 Å². The highest BCUT2D eigenvalue weighted by atomic mass is 16.5. The average molecular weight is 187 g/mol. The van der Waals surface area contributed by atoms with E-state index in [4.69, 9.17) is 10.5 Å². The van der Waals surface area contributed by atoms with Gasteiger partial charge in [0.25, 0.3) is 0 Å². The Morgan fingerprint density at radius 3 is 2.38 bits per heavy atom. The number of ether oxygens (including phenoxy) is 1. The molecule has 2 atom stereocenters. The van der Waals surface area contributed by atoms with Crippen LogP contribution in [-0.2, 0) is 4.74 Å². The fourth-order valence-electron chi connectivity index (χ4n) is 1.14. The summed E-state index contributed by atoms with van der Waals surface area (Å²) in [5, 5.41) is 0. The van der Waals surface area contributed by atoms with Gasteiger partial charge in [-0.3, -0.25) is 0 Å². The van der Waals surface area contributed by atoms with Crippen LogP contribution in [0.1, 0.15) is 52.9 Å². The standard InChI is InChI=1S/C11H25NO/c1-4-6-7-8-9-13-11(12)10(3)5-2/h10-11H,4-9,12H2,1-3H3. The van der Waals surface area contributed by atoms with Crippen LogP contribution in [0, 0.1) is 5.92 Å².